The van der Waals surface area contributed by atoms with Gasteiger partial charge in [-0.15, -0.1) is 0 Å². The number of amides is 2. The number of benzene rings is 2. The van der Waals surface area contributed by atoms with Gasteiger partial charge in [0.1, 0.15) is 5.75 Å². The van der Waals surface area contributed by atoms with Crippen molar-refractivity contribution in [2.45, 2.75) is 38.6 Å². The number of nitrogens with zero attached hydrogens (tertiary/aromatic N) is 2. The minimum absolute atomic E-state index is 0.0441. The first-order valence-electron chi connectivity index (χ1n) is 10.5. The molecule has 0 spiro atoms. The Kier molecular flexibility index (Phi) is 5.84. The number of likely N-dealkylation sites (tertiary alicyclic amines) is 1. The van der Waals surface area contributed by atoms with Crippen molar-refractivity contribution < 1.29 is 14.3 Å². The SMILES string of the molecule is CCC(=O)N1CCc2ccc(OCC(=O)N3CCCC3)cc2C1c1ccccc1. The predicted molar refractivity (Wildman–Crippen MR) is 112 cm³/mol. The van der Waals surface area contributed by atoms with Gasteiger partial charge < -0.3 is 14.5 Å². The molecule has 2 heterocycles. The van der Waals surface area contributed by atoms with Gasteiger partial charge in [-0.3, -0.25) is 9.59 Å². The Hall–Kier alpha value is -2.82. The Morgan fingerprint density at radius 2 is 1.76 bits per heavy atom. The van der Waals surface area contributed by atoms with E-state index in [1.165, 1.54) is 5.56 Å². The van der Waals surface area contributed by atoms with Gasteiger partial charge in [-0.2, -0.15) is 0 Å². The van der Waals surface area contributed by atoms with Crippen molar-refractivity contribution in [2.75, 3.05) is 26.2 Å². The zero-order valence-electron chi connectivity index (χ0n) is 17.0. The number of rotatable bonds is 5. The van der Waals surface area contributed by atoms with E-state index in [0.29, 0.717) is 18.7 Å². The van der Waals surface area contributed by atoms with Crippen molar-refractivity contribution in [3.8, 4) is 5.75 Å². The highest BCUT2D eigenvalue weighted by molar-refractivity contribution is 5.78. The van der Waals surface area contributed by atoms with Crippen molar-refractivity contribution in [3.05, 3.63) is 65.2 Å². The average molecular weight is 392 g/mol. The first-order chi connectivity index (χ1) is 14.2. The van der Waals surface area contributed by atoms with Crippen LogP contribution in [-0.4, -0.2) is 47.9 Å². The molecule has 0 radical (unpaired) electrons. The third-order valence-corrected chi connectivity index (χ3v) is 5.90. The Labute approximate surface area is 172 Å². The van der Waals surface area contributed by atoms with Gasteiger partial charge in [-0.1, -0.05) is 43.3 Å². The van der Waals surface area contributed by atoms with Crippen molar-refractivity contribution in [1.29, 1.82) is 0 Å². The summed E-state index contributed by atoms with van der Waals surface area (Å²) in [5.74, 6) is 0.880. The lowest BCUT2D eigenvalue weighted by molar-refractivity contribution is -0.133. The van der Waals surface area contributed by atoms with Crippen LogP contribution < -0.4 is 4.74 Å². The normalized spacial score (nSPS) is 18.4. The van der Waals surface area contributed by atoms with Crippen LogP contribution in [0.25, 0.3) is 0 Å². The monoisotopic (exact) mass is 392 g/mol. The highest BCUT2D eigenvalue weighted by Gasteiger charge is 2.31. The van der Waals surface area contributed by atoms with Gasteiger partial charge in [0.05, 0.1) is 6.04 Å². The van der Waals surface area contributed by atoms with Crippen LogP contribution in [-0.2, 0) is 16.0 Å². The topological polar surface area (TPSA) is 49.9 Å². The molecule has 1 saturated heterocycles. The van der Waals surface area contributed by atoms with Crippen LogP contribution in [0, 0.1) is 0 Å². The van der Waals surface area contributed by atoms with Gasteiger partial charge >= 0.3 is 0 Å². The van der Waals surface area contributed by atoms with E-state index in [9.17, 15) is 9.59 Å². The molecule has 2 aliphatic heterocycles. The molecule has 1 unspecified atom stereocenters. The maximum absolute atomic E-state index is 12.7. The van der Waals surface area contributed by atoms with Crippen LogP contribution in [0.5, 0.6) is 5.75 Å². The van der Waals surface area contributed by atoms with E-state index in [0.717, 1.165) is 43.5 Å². The minimum Gasteiger partial charge on any atom is -0.484 e. The molecule has 152 valence electrons. The van der Waals surface area contributed by atoms with Gasteiger partial charge in [0, 0.05) is 26.1 Å². The Balaban J connectivity index is 1.60. The summed E-state index contributed by atoms with van der Waals surface area (Å²) in [4.78, 5) is 28.8. The number of hydrogen-bond donors (Lipinski definition) is 0. The Morgan fingerprint density at radius 3 is 2.48 bits per heavy atom. The third-order valence-electron chi connectivity index (χ3n) is 5.90. The minimum atomic E-state index is -0.120. The molecule has 1 atom stereocenters. The first-order valence-corrected chi connectivity index (χ1v) is 10.5. The summed E-state index contributed by atoms with van der Waals surface area (Å²) in [5.41, 5.74) is 3.42. The summed E-state index contributed by atoms with van der Waals surface area (Å²) in [6.45, 7) is 4.34. The second-order valence-corrected chi connectivity index (χ2v) is 7.74. The number of carbonyl (C=O) groups is 2. The van der Waals surface area contributed by atoms with Crippen LogP contribution in [0.2, 0.25) is 0 Å². The molecule has 0 aliphatic carbocycles. The summed E-state index contributed by atoms with van der Waals surface area (Å²) in [6, 6.07) is 16.1. The molecule has 2 amide bonds. The van der Waals surface area contributed by atoms with Gasteiger partial charge in [-0.05, 0) is 48.1 Å². The maximum Gasteiger partial charge on any atom is 0.260 e. The lowest BCUT2D eigenvalue weighted by Crippen LogP contribution is -2.40. The zero-order chi connectivity index (χ0) is 20.2. The van der Waals surface area contributed by atoms with Gasteiger partial charge in [0.2, 0.25) is 5.91 Å². The fourth-order valence-corrected chi connectivity index (χ4v) is 4.35. The van der Waals surface area contributed by atoms with Gasteiger partial charge in [-0.25, -0.2) is 0 Å². The fraction of sp³-hybridized carbons (Fsp3) is 0.417. The molecule has 2 aromatic carbocycles. The number of carbonyl (C=O) groups excluding carboxylic acids is 2. The van der Waals surface area contributed by atoms with Gasteiger partial charge in [0.15, 0.2) is 6.61 Å². The van der Waals surface area contributed by atoms with E-state index >= 15 is 0 Å². The molecule has 0 bridgehead atoms. The molecule has 5 nitrogen and oxygen atoms in total. The van der Waals surface area contributed by atoms with E-state index in [1.807, 2.05) is 47.1 Å². The van der Waals surface area contributed by atoms with Crippen molar-refractivity contribution in [2.24, 2.45) is 0 Å². The summed E-state index contributed by atoms with van der Waals surface area (Å²) < 4.78 is 5.86. The highest BCUT2D eigenvalue weighted by atomic mass is 16.5. The smallest absolute Gasteiger partial charge is 0.260 e. The molecule has 5 heteroatoms. The lowest BCUT2D eigenvalue weighted by atomic mass is 9.87. The largest absolute Gasteiger partial charge is 0.484 e. The first kappa shape index (κ1) is 19.5. The van der Waals surface area contributed by atoms with Crippen LogP contribution in [0.4, 0.5) is 0 Å². The molecule has 0 saturated carbocycles. The second kappa shape index (κ2) is 8.68. The summed E-state index contributed by atoms with van der Waals surface area (Å²) in [5, 5.41) is 0. The Morgan fingerprint density at radius 1 is 1.00 bits per heavy atom. The lowest BCUT2D eigenvalue weighted by Gasteiger charge is -2.38. The molecule has 4 rings (SSSR count). The van der Waals surface area contributed by atoms with E-state index in [1.54, 1.807) is 0 Å². The molecule has 0 N–H and O–H groups in total. The van der Waals surface area contributed by atoms with Gasteiger partial charge in [0.25, 0.3) is 5.91 Å². The van der Waals surface area contributed by atoms with Crippen molar-refractivity contribution in [3.63, 3.8) is 0 Å². The number of fused-ring (bicyclic) bond motifs is 1. The summed E-state index contributed by atoms with van der Waals surface area (Å²) in [6.07, 6.45) is 3.46. The molecule has 29 heavy (non-hydrogen) atoms. The van der Waals surface area contributed by atoms with Crippen LogP contribution in [0.1, 0.15) is 48.9 Å². The maximum atomic E-state index is 12.7. The molecule has 2 aromatic rings. The quantitative estimate of drug-likeness (QED) is 0.782. The molecule has 2 aliphatic rings. The van der Waals surface area contributed by atoms with E-state index in [2.05, 4.69) is 18.2 Å². The second-order valence-electron chi connectivity index (χ2n) is 7.74. The van der Waals surface area contributed by atoms with E-state index in [4.69, 9.17) is 4.74 Å². The number of ether oxygens (including phenoxy) is 1. The van der Waals surface area contributed by atoms with Crippen LogP contribution in [0.15, 0.2) is 48.5 Å². The van der Waals surface area contributed by atoms with Crippen LogP contribution >= 0.6 is 0 Å². The molecule has 0 aromatic heterocycles. The highest BCUT2D eigenvalue weighted by Crippen LogP contribution is 2.37. The predicted octanol–water partition coefficient (Wildman–Crippen LogP) is 3.57. The zero-order valence-corrected chi connectivity index (χ0v) is 17.0. The third kappa shape index (κ3) is 4.14. The number of hydrogen-bond acceptors (Lipinski definition) is 3. The molecular formula is C24H28N2O3. The Bertz CT molecular complexity index is 875. The fourth-order valence-electron chi connectivity index (χ4n) is 4.35. The van der Waals surface area contributed by atoms with E-state index in [-0.39, 0.29) is 24.5 Å². The summed E-state index contributed by atoms with van der Waals surface area (Å²) >= 11 is 0. The van der Waals surface area contributed by atoms with Crippen LogP contribution in [0.3, 0.4) is 0 Å². The van der Waals surface area contributed by atoms with Crippen molar-refractivity contribution >= 4 is 11.8 Å². The molecular weight excluding hydrogens is 364 g/mol. The average Bonchev–Trinajstić information content (AvgIpc) is 3.31. The van der Waals surface area contributed by atoms with E-state index < -0.39 is 0 Å². The van der Waals surface area contributed by atoms with Crippen molar-refractivity contribution in [1.82, 2.24) is 9.80 Å². The standard InChI is InChI=1S/C24H28N2O3/c1-2-22(27)26-15-12-18-10-11-20(29-17-23(28)25-13-6-7-14-25)16-21(18)24(26)19-8-4-3-5-9-19/h3-5,8-11,16,24H,2,6-7,12-15,17H2,1H3. The molecule has 1 fully saturated rings. The summed E-state index contributed by atoms with van der Waals surface area (Å²) in [7, 11) is 0.